The van der Waals surface area contributed by atoms with E-state index >= 15 is 0 Å². The Bertz CT molecular complexity index is 621. The number of carbonyl (C=O) groups excluding carboxylic acids is 1. The van der Waals surface area contributed by atoms with Gasteiger partial charge in [0.1, 0.15) is 5.82 Å². The van der Waals surface area contributed by atoms with Crippen LogP contribution in [0.5, 0.6) is 5.75 Å². The topological polar surface area (TPSA) is 26.3 Å². The molecule has 0 aromatic heterocycles. The normalized spacial score (nSPS) is 10.4. The van der Waals surface area contributed by atoms with E-state index in [4.69, 9.17) is 4.74 Å². The first kappa shape index (κ1) is 15.2. The standard InChI is InChI=1S/C17H16F2O2/c1-2-3-12-4-6-13(7-5-12)16(20)11-21-17-9-8-14(18)10-15(17)19/h4-10H,2-3,11H2,1H3. The van der Waals surface area contributed by atoms with Gasteiger partial charge in [-0.2, -0.15) is 0 Å². The smallest absolute Gasteiger partial charge is 0.200 e. The summed E-state index contributed by atoms with van der Waals surface area (Å²) in [6, 6.07) is 10.2. The van der Waals surface area contributed by atoms with Gasteiger partial charge in [0.05, 0.1) is 0 Å². The van der Waals surface area contributed by atoms with Crippen molar-refractivity contribution < 1.29 is 18.3 Å². The maximum Gasteiger partial charge on any atom is 0.200 e. The molecule has 0 aliphatic carbocycles. The van der Waals surface area contributed by atoms with E-state index in [1.165, 1.54) is 11.6 Å². The second-order valence-corrected chi connectivity index (χ2v) is 4.73. The summed E-state index contributed by atoms with van der Waals surface area (Å²) < 4.78 is 31.2. The van der Waals surface area contributed by atoms with Gasteiger partial charge in [0.2, 0.25) is 0 Å². The largest absolute Gasteiger partial charge is 0.482 e. The highest BCUT2D eigenvalue weighted by Gasteiger charge is 2.10. The van der Waals surface area contributed by atoms with Crippen LogP contribution in [0.25, 0.3) is 0 Å². The minimum atomic E-state index is -0.818. The van der Waals surface area contributed by atoms with Gasteiger partial charge in [-0.25, -0.2) is 8.78 Å². The van der Waals surface area contributed by atoms with Crippen molar-refractivity contribution in [3.05, 3.63) is 65.2 Å². The van der Waals surface area contributed by atoms with Crippen LogP contribution in [0, 0.1) is 11.6 Å². The zero-order valence-corrected chi connectivity index (χ0v) is 11.7. The lowest BCUT2D eigenvalue weighted by Crippen LogP contribution is -2.12. The van der Waals surface area contributed by atoms with E-state index in [2.05, 4.69) is 6.92 Å². The Balaban J connectivity index is 1.98. The van der Waals surface area contributed by atoms with Gasteiger partial charge >= 0.3 is 0 Å². The molecule has 2 nitrogen and oxygen atoms in total. The lowest BCUT2D eigenvalue weighted by molar-refractivity contribution is 0.0918. The van der Waals surface area contributed by atoms with Crippen LogP contribution in [0.3, 0.4) is 0 Å². The third-order valence-corrected chi connectivity index (χ3v) is 3.07. The third kappa shape index (κ3) is 4.12. The average molecular weight is 290 g/mol. The third-order valence-electron chi connectivity index (χ3n) is 3.07. The Kier molecular flexibility index (Phi) is 5.04. The summed E-state index contributed by atoms with van der Waals surface area (Å²) in [6.07, 6.45) is 2.01. The summed E-state index contributed by atoms with van der Waals surface area (Å²) in [5, 5.41) is 0. The number of carbonyl (C=O) groups is 1. The maximum atomic E-state index is 13.4. The highest BCUT2D eigenvalue weighted by molar-refractivity contribution is 5.97. The molecule has 0 amide bonds. The fourth-order valence-corrected chi connectivity index (χ4v) is 1.96. The second kappa shape index (κ2) is 6.97. The summed E-state index contributed by atoms with van der Waals surface area (Å²) in [6.45, 7) is 1.81. The minimum absolute atomic E-state index is 0.132. The molecular formula is C17H16F2O2. The summed E-state index contributed by atoms with van der Waals surface area (Å²) in [7, 11) is 0. The van der Waals surface area contributed by atoms with E-state index in [0.29, 0.717) is 5.56 Å². The van der Waals surface area contributed by atoms with E-state index in [9.17, 15) is 13.6 Å². The number of aryl methyl sites for hydroxylation is 1. The molecule has 0 saturated carbocycles. The van der Waals surface area contributed by atoms with Crippen molar-refractivity contribution in [3.63, 3.8) is 0 Å². The van der Waals surface area contributed by atoms with Crippen molar-refractivity contribution in [1.29, 1.82) is 0 Å². The van der Waals surface area contributed by atoms with E-state index in [-0.39, 0.29) is 18.1 Å². The Morgan fingerprint density at radius 1 is 1.10 bits per heavy atom. The molecule has 0 N–H and O–H groups in total. The van der Waals surface area contributed by atoms with E-state index in [1.807, 2.05) is 12.1 Å². The summed E-state index contributed by atoms with van der Waals surface area (Å²) in [4.78, 5) is 11.9. The van der Waals surface area contributed by atoms with Crippen molar-refractivity contribution in [1.82, 2.24) is 0 Å². The molecule has 0 unspecified atom stereocenters. The molecule has 0 heterocycles. The molecule has 21 heavy (non-hydrogen) atoms. The van der Waals surface area contributed by atoms with Gasteiger partial charge in [0.25, 0.3) is 0 Å². The van der Waals surface area contributed by atoms with Crippen molar-refractivity contribution in [2.45, 2.75) is 19.8 Å². The number of ketones is 1. The van der Waals surface area contributed by atoms with Gasteiger partial charge in [-0.05, 0) is 24.1 Å². The van der Waals surface area contributed by atoms with Gasteiger partial charge in [-0.15, -0.1) is 0 Å². The fraction of sp³-hybridized carbons (Fsp3) is 0.235. The molecule has 4 heteroatoms. The van der Waals surface area contributed by atoms with E-state index in [1.54, 1.807) is 12.1 Å². The SMILES string of the molecule is CCCc1ccc(C(=O)COc2ccc(F)cc2F)cc1. The van der Waals surface area contributed by atoms with Crippen molar-refractivity contribution >= 4 is 5.78 Å². The van der Waals surface area contributed by atoms with Crippen LogP contribution in [-0.4, -0.2) is 12.4 Å². The molecule has 0 spiro atoms. The first-order valence-corrected chi connectivity index (χ1v) is 6.80. The van der Waals surface area contributed by atoms with Gasteiger partial charge in [-0.1, -0.05) is 37.6 Å². The van der Waals surface area contributed by atoms with Crippen LogP contribution >= 0.6 is 0 Å². The zero-order chi connectivity index (χ0) is 15.2. The quantitative estimate of drug-likeness (QED) is 0.746. The Morgan fingerprint density at radius 3 is 2.43 bits per heavy atom. The minimum Gasteiger partial charge on any atom is -0.482 e. The molecule has 2 aromatic rings. The molecule has 0 aliphatic heterocycles. The molecular weight excluding hydrogens is 274 g/mol. The molecule has 0 atom stereocenters. The molecule has 0 saturated heterocycles. The van der Waals surface area contributed by atoms with Gasteiger partial charge in [0.15, 0.2) is 24.0 Å². The Morgan fingerprint density at radius 2 is 1.81 bits per heavy atom. The second-order valence-electron chi connectivity index (χ2n) is 4.73. The molecule has 110 valence electrons. The summed E-state index contributed by atoms with van der Waals surface area (Å²) in [5.74, 6) is -1.88. The number of hydrogen-bond acceptors (Lipinski definition) is 2. The zero-order valence-electron chi connectivity index (χ0n) is 11.7. The lowest BCUT2D eigenvalue weighted by Gasteiger charge is -2.07. The molecule has 2 rings (SSSR count). The van der Waals surface area contributed by atoms with E-state index < -0.39 is 11.6 Å². The van der Waals surface area contributed by atoms with Crippen LogP contribution in [0.15, 0.2) is 42.5 Å². The van der Waals surface area contributed by atoms with Crippen LogP contribution < -0.4 is 4.74 Å². The number of rotatable bonds is 6. The number of Topliss-reactive ketones (excluding diaryl/α,β-unsaturated/α-hetero) is 1. The Hall–Kier alpha value is -2.23. The predicted molar refractivity (Wildman–Crippen MR) is 76.6 cm³/mol. The highest BCUT2D eigenvalue weighted by Crippen LogP contribution is 2.18. The molecule has 2 aromatic carbocycles. The van der Waals surface area contributed by atoms with Crippen LogP contribution in [0.1, 0.15) is 29.3 Å². The van der Waals surface area contributed by atoms with Gasteiger partial charge < -0.3 is 4.74 Å². The fourth-order valence-electron chi connectivity index (χ4n) is 1.96. The van der Waals surface area contributed by atoms with Crippen LogP contribution in [0.2, 0.25) is 0 Å². The highest BCUT2D eigenvalue weighted by atomic mass is 19.1. The molecule has 0 radical (unpaired) electrons. The van der Waals surface area contributed by atoms with Gasteiger partial charge in [0, 0.05) is 11.6 Å². The predicted octanol–water partition coefficient (Wildman–Crippen LogP) is 4.18. The lowest BCUT2D eigenvalue weighted by atomic mass is 10.1. The maximum absolute atomic E-state index is 13.4. The summed E-state index contributed by atoms with van der Waals surface area (Å²) >= 11 is 0. The first-order chi connectivity index (χ1) is 10.1. The molecule has 0 aliphatic rings. The van der Waals surface area contributed by atoms with Crippen molar-refractivity contribution in [2.75, 3.05) is 6.61 Å². The van der Waals surface area contributed by atoms with Gasteiger partial charge in [-0.3, -0.25) is 4.79 Å². The summed E-state index contributed by atoms with van der Waals surface area (Å²) in [5.41, 5.74) is 1.68. The molecule has 0 bridgehead atoms. The van der Waals surface area contributed by atoms with Crippen molar-refractivity contribution in [2.24, 2.45) is 0 Å². The van der Waals surface area contributed by atoms with Crippen LogP contribution in [0.4, 0.5) is 8.78 Å². The number of halogens is 2. The average Bonchev–Trinajstić information content (AvgIpc) is 2.47. The monoisotopic (exact) mass is 290 g/mol. The first-order valence-electron chi connectivity index (χ1n) is 6.80. The van der Waals surface area contributed by atoms with Crippen LogP contribution in [-0.2, 0) is 6.42 Å². The number of hydrogen-bond donors (Lipinski definition) is 0. The number of ether oxygens (including phenoxy) is 1. The number of benzene rings is 2. The van der Waals surface area contributed by atoms with Crippen molar-refractivity contribution in [3.8, 4) is 5.75 Å². The molecule has 0 fully saturated rings. The van der Waals surface area contributed by atoms with E-state index in [0.717, 1.165) is 25.0 Å². The Labute approximate surface area is 122 Å².